The number of nitrogens with zero attached hydrogens (tertiary/aromatic N) is 1. The first-order chi connectivity index (χ1) is 14.5. The second-order valence-corrected chi connectivity index (χ2v) is 8.03. The van der Waals surface area contributed by atoms with Crippen LogP contribution < -0.4 is 19.6 Å². The van der Waals surface area contributed by atoms with Crippen molar-refractivity contribution in [3.63, 3.8) is 0 Å². The summed E-state index contributed by atoms with van der Waals surface area (Å²) in [5.74, 6) is 0.909. The molecule has 2 N–H and O–H groups in total. The number of methoxy groups -OCH3 is 1. The van der Waals surface area contributed by atoms with Gasteiger partial charge in [0.2, 0.25) is 6.10 Å². The van der Waals surface area contributed by atoms with E-state index in [0.29, 0.717) is 26.0 Å². The van der Waals surface area contributed by atoms with Crippen molar-refractivity contribution in [2.24, 2.45) is 5.10 Å². The zero-order valence-corrected chi connectivity index (χ0v) is 18.9. The SMILES string of the molecule is COc1cc(/C=N/NC(=O)[C@@H]2COc3cc4ccccc4cc3O2)c(Br)c(Br)c1O. The molecule has 0 radical (unpaired) electrons. The first-order valence-corrected chi connectivity index (χ1v) is 10.5. The monoisotopic (exact) mass is 534 g/mol. The molecule has 0 aromatic heterocycles. The van der Waals surface area contributed by atoms with Crippen LogP contribution in [-0.2, 0) is 4.79 Å². The maximum absolute atomic E-state index is 12.5. The lowest BCUT2D eigenvalue weighted by molar-refractivity contribution is -0.130. The third kappa shape index (κ3) is 3.95. The number of nitrogens with one attached hydrogen (secondary N) is 1. The highest BCUT2D eigenvalue weighted by molar-refractivity contribution is 9.13. The molecule has 1 aliphatic heterocycles. The van der Waals surface area contributed by atoms with Gasteiger partial charge in [0.25, 0.3) is 5.91 Å². The molecule has 1 atom stereocenters. The summed E-state index contributed by atoms with van der Waals surface area (Å²) >= 11 is 6.64. The number of hydrogen-bond donors (Lipinski definition) is 2. The lowest BCUT2D eigenvalue weighted by Gasteiger charge is -2.25. The van der Waals surface area contributed by atoms with E-state index in [9.17, 15) is 9.90 Å². The summed E-state index contributed by atoms with van der Waals surface area (Å²) in [5, 5.41) is 16.0. The van der Waals surface area contributed by atoms with Crippen LogP contribution in [-0.4, -0.2) is 37.0 Å². The maximum atomic E-state index is 12.5. The van der Waals surface area contributed by atoms with E-state index in [0.717, 1.165) is 10.8 Å². The molecule has 30 heavy (non-hydrogen) atoms. The number of carbonyl (C=O) groups is 1. The summed E-state index contributed by atoms with van der Waals surface area (Å²) in [6, 6.07) is 13.2. The lowest BCUT2D eigenvalue weighted by Crippen LogP contribution is -2.42. The number of hydrazone groups is 1. The maximum Gasteiger partial charge on any atom is 0.284 e. The number of carbonyl (C=O) groups excluding carboxylic acids is 1. The average Bonchev–Trinajstić information content (AvgIpc) is 2.77. The highest BCUT2D eigenvalue weighted by atomic mass is 79.9. The second-order valence-electron chi connectivity index (χ2n) is 6.44. The largest absolute Gasteiger partial charge is 0.503 e. The standard InChI is InChI=1S/C21H16Br2N2O5/c1-28-16-8-13(18(22)19(23)20(16)26)9-24-25-21(27)17-10-29-14-6-11-4-2-3-5-12(11)7-15(14)30-17/h2-9,17,26H,10H2,1H3,(H,25,27)/b24-9+/t17-/m0/s1. The highest BCUT2D eigenvalue weighted by Crippen LogP contribution is 2.41. The molecule has 0 saturated carbocycles. The molecule has 1 amide bonds. The van der Waals surface area contributed by atoms with Crippen LogP contribution in [0.2, 0.25) is 0 Å². The van der Waals surface area contributed by atoms with E-state index in [1.54, 1.807) is 6.07 Å². The van der Waals surface area contributed by atoms with Gasteiger partial charge < -0.3 is 19.3 Å². The van der Waals surface area contributed by atoms with Gasteiger partial charge in [0, 0.05) is 10.0 Å². The predicted octanol–water partition coefficient (Wildman–Crippen LogP) is 4.37. The molecule has 9 heteroatoms. The Morgan fingerprint density at radius 2 is 1.90 bits per heavy atom. The minimum atomic E-state index is -0.833. The topological polar surface area (TPSA) is 89.4 Å². The first kappa shape index (κ1) is 20.5. The van der Waals surface area contributed by atoms with Gasteiger partial charge in [-0.25, -0.2) is 5.43 Å². The number of phenolic OH excluding ortho intramolecular Hbond substituents is 1. The number of halogens is 2. The molecular formula is C21H16Br2N2O5. The molecule has 0 saturated heterocycles. The number of hydrogen-bond acceptors (Lipinski definition) is 6. The minimum absolute atomic E-state index is 0.0375. The van der Waals surface area contributed by atoms with Gasteiger partial charge in [-0.15, -0.1) is 0 Å². The third-order valence-electron chi connectivity index (χ3n) is 4.54. The van der Waals surface area contributed by atoms with Gasteiger partial charge in [0.15, 0.2) is 23.0 Å². The van der Waals surface area contributed by atoms with Crippen molar-refractivity contribution in [2.45, 2.75) is 6.10 Å². The van der Waals surface area contributed by atoms with E-state index in [2.05, 4.69) is 42.4 Å². The molecule has 154 valence electrons. The van der Waals surface area contributed by atoms with E-state index in [4.69, 9.17) is 14.2 Å². The van der Waals surface area contributed by atoms with Crippen LogP contribution in [0.1, 0.15) is 5.56 Å². The molecule has 4 rings (SSSR count). The molecule has 0 aliphatic carbocycles. The van der Waals surface area contributed by atoms with E-state index < -0.39 is 12.0 Å². The molecule has 0 spiro atoms. The second kappa shape index (κ2) is 8.53. The molecule has 0 unspecified atom stereocenters. The number of benzene rings is 3. The van der Waals surface area contributed by atoms with E-state index >= 15 is 0 Å². The van der Waals surface area contributed by atoms with Gasteiger partial charge in [0.05, 0.1) is 17.8 Å². The van der Waals surface area contributed by atoms with Crippen molar-refractivity contribution in [2.75, 3.05) is 13.7 Å². The Balaban J connectivity index is 1.47. The van der Waals surface area contributed by atoms with Gasteiger partial charge in [0.1, 0.15) is 6.61 Å². The Kier molecular flexibility index (Phi) is 5.83. The summed E-state index contributed by atoms with van der Waals surface area (Å²) in [6.45, 7) is 0.0783. The Labute approximate surface area is 188 Å². The van der Waals surface area contributed by atoms with E-state index in [1.807, 2.05) is 36.4 Å². The van der Waals surface area contributed by atoms with Crippen LogP contribution in [0, 0.1) is 0 Å². The van der Waals surface area contributed by atoms with Gasteiger partial charge >= 0.3 is 0 Å². The smallest absolute Gasteiger partial charge is 0.284 e. The van der Waals surface area contributed by atoms with Crippen LogP contribution in [0.25, 0.3) is 10.8 Å². The first-order valence-electron chi connectivity index (χ1n) is 8.88. The molecular weight excluding hydrogens is 520 g/mol. The van der Waals surface area contributed by atoms with Gasteiger partial charge in [-0.05, 0) is 60.8 Å². The molecule has 3 aromatic rings. The highest BCUT2D eigenvalue weighted by Gasteiger charge is 2.27. The predicted molar refractivity (Wildman–Crippen MR) is 120 cm³/mol. The molecule has 0 fully saturated rings. The number of aromatic hydroxyl groups is 1. The van der Waals surface area contributed by atoms with E-state index in [-0.39, 0.29) is 18.1 Å². The molecule has 1 heterocycles. The summed E-state index contributed by atoms with van der Waals surface area (Å²) in [7, 11) is 1.44. The number of amides is 1. The third-order valence-corrected chi connectivity index (χ3v) is 6.69. The molecule has 7 nitrogen and oxygen atoms in total. The van der Waals surface area contributed by atoms with Crippen molar-refractivity contribution >= 4 is 54.8 Å². The summed E-state index contributed by atoms with van der Waals surface area (Å²) in [4.78, 5) is 12.5. The zero-order chi connectivity index (χ0) is 21.3. The summed E-state index contributed by atoms with van der Waals surface area (Å²) < 4.78 is 17.6. The number of fused-ring (bicyclic) bond motifs is 2. The average molecular weight is 536 g/mol. The fraction of sp³-hybridized carbons (Fsp3) is 0.143. The summed E-state index contributed by atoms with van der Waals surface area (Å²) in [6.07, 6.45) is 0.597. The molecule has 0 bridgehead atoms. The quantitative estimate of drug-likeness (QED) is 0.382. The van der Waals surface area contributed by atoms with E-state index in [1.165, 1.54) is 13.3 Å². The number of phenols is 1. The van der Waals surface area contributed by atoms with Crippen molar-refractivity contribution in [1.29, 1.82) is 0 Å². The van der Waals surface area contributed by atoms with Gasteiger partial charge in [-0.2, -0.15) is 5.10 Å². The fourth-order valence-electron chi connectivity index (χ4n) is 2.98. The zero-order valence-electron chi connectivity index (χ0n) is 15.7. The van der Waals surface area contributed by atoms with Gasteiger partial charge in [-0.3, -0.25) is 4.79 Å². The van der Waals surface area contributed by atoms with Gasteiger partial charge in [-0.1, -0.05) is 24.3 Å². The lowest BCUT2D eigenvalue weighted by atomic mass is 10.1. The Bertz CT molecular complexity index is 1170. The Hall–Kier alpha value is -2.78. The Morgan fingerprint density at radius 1 is 1.20 bits per heavy atom. The Morgan fingerprint density at radius 3 is 2.60 bits per heavy atom. The van der Waals surface area contributed by atoms with Crippen LogP contribution in [0.4, 0.5) is 0 Å². The number of ether oxygens (including phenoxy) is 3. The van der Waals surface area contributed by atoms with Crippen molar-refractivity contribution in [1.82, 2.24) is 5.43 Å². The minimum Gasteiger partial charge on any atom is -0.503 e. The normalized spacial score (nSPS) is 15.4. The van der Waals surface area contributed by atoms with Crippen LogP contribution in [0.5, 0.6) is 23.0 Å². The fourth-order valence-corrected chi connectivity index (χ4v) is 3.81. The van der Waals surface area contributed by atoms with Crippen LogP contribution in [0.3, 0.4) is 0 Å². The van der Waals surface area contributed by atoms with Crippen LogP contribution in [0.15, 0.2) is 56.5 Å². The summed E-state index contributed by atoms with van der Waals surface area (Å²) in [5.41, 5.74) is 3.05. The van der Waals surface area contributed by atoms with Crippen LogP contribution >= 0.6 is 31.9 Å². The van der Waals surface area contributed by atoms with Crippen molar-refractivity contribution in [3.8, 4) is 23.0 Å². The number of rotatable bonds is 4. The van der Waals surface area contributed by atoms with Crippen molar-refractivity contribution < 1.29 is 24.1 Å². The molecule has 1 aliphatic rings. The van der Waals surface area contributed by atoms with Crippen molar-refractivity contribution in [3.05, 3.63) is 57.0 Å². The molecule has 3 aromatic carbocycles.